The summed E-state index contributed by atoms with van der Waals surface area (Å²) in [7, 11) is 1.01. The number of aliphatic hydroxyl groups is 1. The molecule has 0 aromatic heterocycles. The summed E-state index contributed by atoms with van der Waals surface area (Å²) < 4.78 is 29.6. The zero-order valence-corrected chi connectivity index (χ0v) is 9.56. The Hall–Kier alpha value is -1.49. The van der Waals surface area contributed by atoms with E-state index >= 15 is 0 Å². The van der Waals surface area contributed by atoms with Crippen LogP contribution in [-0.4, -0.2) is 24.6 Å². The topological polar surface area (TPSA) is 46.5 Å². The van der Waals surface area contributed by atoms with Crippen molar-refractivity contribution in [2.75, 3.05) is 7.11 Å². The van der Waals surface area contributed by atoms with Gasteiger partial charge in [0.15, 0.2) is 0 Å². The molecule has 1 aromatic rings. The van der Waals surface area contributed by atoms with E-state index in [1.165, 1.54) is 12.1 Å². The molecule has 0 aliphatic rings. The van der Waals surface area contributed by atoms with E-state index < -0.39 is 24.4 Å². The first-order valence-electron chi connectivity index (χ1n) is 5.08. The lowest BCUT2D eigenvalue weighted by Crippen LogP contribution is -2.30. The first kappa shape index (κ1) is 13.6. The van der Waals surface area contributed by atoms with Crippen molar-refractivity contribution in [2.24, 2.45) is 5.92 Å². The fourth-order valence-corrected chi connectivity index (χ4v) is 1.48. The van der Waals surface area contributed by atoms with Crippen molar-refractivity contribution in [3.05, 3.63) is 35.4 Å². The maximum absolute atomic E-state index is 12.7. The number of alkyl halides is 2. The van der Waals surface area contributed by atoms with Crippen LogP contribution in [0.25, 0.3) is 0 Å². The van der Waals surface area contributed by atoms with Gasteiger partial charge < -0.3 is 9.84 Å². The van der Waals surface area contributed by atoms with Gasteiger partial charge in [-0.1, -0.05) is 29.8 Å². The Morgan fingerprint density at radius 2 is 1.82 bits per heavy atom. The number of esters is 1. The van der Waals surface area contributed by atoms with Crippen molar-refractivity contribution in [1.82, 2.24) is 0 Å². The summed E-state index contributed by atoms with van der Waals surface area (Å²) in [6.07, 6.45) is -4.54. The van der Waals surface area contributed by atoms with Crippen LogP contribution in [0.5, 0.6) is 0 Å². The quantitative estimate of drug-likeness (QED) is 0.825. The average Bonchev–Trinajstić information content (AvgIpc) is 2.29. The van der Waals surface area contributed by atoms with Gasteiger partial charge in [0.25, 0.3) is 6.43 Å². The van der Waals surface area contributed by atoms with Crippen LogP contribution < -0.4 is 0 Å². The van der Waals surface area contributed by atoms with E-state index in [0.717, 1.165) is 12.7 Å². The van der Waals surface area contributed by atoms with Crippen LogP contribution in [0.4, 0.5) is 8.78 Å². The highest BCUT2D eigenvalue weighted by Gasteiger charge is 2.37. The highest BCUT2D eigenvalue weighted by Crippen LogP contribution is 2.28. The highest BCUT2D eigenvalue weighted by molar-refractivity contribution is 5.73. The zero-order chi connectivity index (χ0) is 13.0. The first-order valence-corrected chi connectivity index (χ1v) is 5.08. The smallest absolute Gasteiger partial charge is 0.317 e. The second-order valence-corrected chi connectivity index (χ2v) is 3.74. The lowest BCUT2D eigenvalue weighted by Gasteiger charge is -2.20. The van der Waals surface area contributed by atoms with E-state index in [1.807, 2.05) is 6.92 Å². The molecule has 0 aliphatic carbocycles. The van der Waals surface area contributed by atoms with Crippen molar-refractivity contribution in [2.45, 2.75) is 19.5 Å². The molecule has 1 N–H and O–H groups in total. The van der Waals surface area contributed by atoms with Crippen LogP contribution >= 0.6 is 0 Å². The van der Waals surface area contributed by atoms with E-state index in [0.29, 0.717) is 0 Å². The lowest BCUT2D eigenvalue weighted by molar-refractivity contribution is -0.157. The van der Waals surface area contributed by atoms with Gasteiger partial charge in [-0.05, 0) is 12.5 Å². The molecule has 94 valence electrons. The van der Waals surface area contributed by atoms with Crippen molar-refractivity contribution >= 4 is 5.97 Å². The Balaban J connectivity index is 2.95. The number of methoxy groups -OCH3 is 1. The molecular formula is C12H14F2O3. The summed E-state index contributed by atoms with van der Waals surface area (Å²) in [4.78, 5) is 11.2. The molecule has 0 saturated carbocycles. The Morgan fingerprint density at radius 3 is 2.24 bits per heavy atom. The summed E-state index contributed by atoms with van der Waals surface area (Å²) in [5.41, 5.74) is 1.21. The van der Waals surface area contributed by atoms with Gasteiger partial charge in [-0.15, -0.1) is 0 Å². The molecule has 0 radical (unpaired) electrons. The SMILES string of the molecule is COC(=O)C(C(F)F)C(O)c1ccc(C)cc1. The fourth-order valence-electron chi connectivity index (χ4n) is 1.48. The van der Waals surface area contributed by atoms with Crippen molar-refractivity contribution in [1.29, 1.82) is 0 Å². The third-order valence-corrected chi connectivity index (χ3v) is 2.50. The summed E-state index contributed by atoms with van der Waals surface area (Å²) in [5, 5.41) is 9.76. The van der Waals surface area contributed by atoms with Gasteiger partial charge in [-0.2, -0.15) is 0 Å². The molecule has 3 nitrogen and oxygen atoms in total. The molecule has 17 heavy (non-hydrogen) atoms. The van der Waals surface area contributed by atoms with Crippen LogP contribution in [0, 0.1) is 12.8 Å². The number of carbonyl (C=O) groups is 1. The highest BCUT2D eigenvalue weighted by atomic mass is 19.3. The summed E-state index contributed by atoms with van der Waals surface area (Å²) >= 11 is 0. The van der Waals surface area contributed by atoms with E-state index in [-0.39, 0.29) is 5.56 Å². The van der Waals surface area contributed by atoms with Crippen molar-refractivity contribution < 1.29 is 23.4 Å². The van der Waals surface area contributed by atoms with Gasteiger partial charge in [0.2, 0.25) is 0 Å². The molecule has 0 aliphatic heterocycles. The predicted molar refractivity (Wildman–Crippen MR) is 57.6 cm³/mol. The van der Waals surface area contributed by atoms with Gasteiger partial charge in [0.1, 0.15) is 5.92 Å². The number of aliphatic hydroxyl groups excluding tert-OH is 1. The molecule has 0 amide bonds. The summed E-state index contributed by atoms with van der Waals surface area (Å²) in [6.45, 7) is 1.83. The molecule has 5 heteroatoms. The van der Waals surface area contributed by atoms with Crippen LogP contribution in [0.2, 0.25) is 0 Å². The lowest BCUT2D eigenvalue weighted by atomic mass is 9.95. The first-order chi connectivity index (χ1) is 7.97. The predicted octanol–water partition coefficient (Wildman–Crippen LogP) is 2.08. The third-order valence-electron chi connectivity index (χ3n) is 2.50. The van der Waals surface area contributed by atoms with Crippen molar-refractivity contribution in [3.63, 3.8) is 0 Å². The van der Waals surface area contributed by atoms with Crippen LogP contribution in [-0.2, 0) is 9.53 Å². The molecule has 0 fully saturated rings. The minimum Gasteiger partial charge on any atom is -0.469 e. The second kappa shape index (κ2) is 5.72. The van der Waals surface area contributed by atoms with Crippen LogP contribution in [0.1, 0.15) is 17.2 Å². The molecular weight excluding hydrogens is 230 g/mol. The van der Waals surface area contributed by atoms with E-state index in [9.17, 15) is 18.7 Å². The van der Waals surface area contributed by atoms with Crippen LogP contribution in [0.3, 0.4) is 0 Å². The second-order valence-electron chi connectivity index (χ2n) is 3.74. The van der Waals surface area contributed by atoms with Gasteiger partial charge in [-0.3, -0.25) is 4.79 Å². The molecule has 1 rings (SSSR count). The van der Waals surface area contributed by atoms with Gasteiger partial charge in [0, 0.05) is 0 Å². The monoisotopic (exact) mass is 244 g/mol. The molecule has 0 heterocycles. The normalized spacial score (nSPS) is 14.5. The van der Waals surface area contributed by atoms with Gasteiger partial charge in [-0.25, -0.2) is 8.78 Å². The Bertz CT molecular complexity index is 376. The molecule has 0 spiro atoms. The molecule has 0 saturated heterocycles. The molecule has 1 aromatic carbocycles. The van der Waals surface area contributed by atoms with E-state index in [4.69, 9.17) is 0 Å². The third kappa shape index (κ3) is 3.23. The summed E-state index contributed by atoms with van der Waals surface area (Å²) in [5.74, 6) is -2.98. The number of ether oxygens (including phenoxy) is 1. The number of carbonyl (C=O) groups excluding carboxylic acids is 1. The van der Waals surface area contributed by atoms with Crippen LogP contribution in [0.15, 0.2) is 24.3 Å². The Kier molecular flexibility index (Phi) is 4.57. The van der Waals surface area contributed by atoms with Crippen molar-refractivity contribution in [3.8, 4) is 0 Å². The van der Waals surface area contributed by atoms with Gasteiger partial charge in [0.05, 0.1) is 13.2 Å². The minimum atomic E-state index is -2.97. The Labute approximate surface area is 98.0 Å². The number of hydrogen-bond acceptors (Lipinski definition) is 3. The number of rotatable bonds is 4. The largest absolute Gasteiger partial charge is 0.469 e. The Morgan fingerprint density at radius 1 is 1.29 bits per heavy atom. The number of benzene rings is 1. The van der Waals surface area contributed by atoms with E-state index in [2.05, 4.69) is 4.74 Å². The maximum Gasteiger partial charge on any atom is 0.317 e. The molecule has 2 unspecified atom stereocenters. The standard InChI is InChI=1S/C12H14F2O3/c1-7-3-5-8(6-4-7)10(15)9(11(13)14)12(16)17-2/h3-6,9-11,15H,1-2H3. The maximum atomic E-state index is 12.7. The fraction of sp³-hybridized carbons (Fsp3) is 0.417. The van der Waals surface area contributed by atoms with E-state index in [1.54, 1.807) is 12.1 Å². The number of halogens is 2. The minimum absolute atomic E-state index is 0.270. The number of hydrogen-bond donors (Lipinski definition) is 1. The summed E-state index contributed by atoms with van der Waals surface area (Å²) in [6, 6.07) is 6.38. The molecule has 0 bridgehead atoms. The average molecular weight is 244 g/mol. The number of aryl methyl sites for hydroxylation is 1. The zero-order valence-electron chi connectivity index (χ0n) is 9.56. The van der Waals surface area contributed by atoms with Gasteiger partial charge >= 0.3 is 5.97 Å². The molecule has 2 atom stereocenters.